The van der Waals surface area contributed by atoms with Crippen molar-refractivity contribution in [3.8, 4) is 11.5 Å². The average molecular weight is 306 g/mol. The summed E-state index contributed by atoms with van der Waals surface area (Å²) in [5.74, 6) is 1.65. The molecule has 0 saturated heterocycles. The quantitative estimate of drug-likeness (QED) is 0.916. The van der Waals surface area contributed by atoms with Crippen LogP contribution in [-0.4, -0.2) is 0 Å². The van der Waals surface area contributed by atoms with Crippen LogP contribution in [0.15, 0.2) is 46.9 Å². The molecule has 0 spiro atoms. The van der Waals surface area contributed by atoms with Gasteiger partial charge in [-0.3, -0.25) is 0 Å². The number of ether oxygens (including phenoxy) is 1. The van der Waals surface area contributed by atoms with Gasteiger partial charge in [0.05, 0.1) is 0 Å². The Bertz CT molecular complexity index is 540. The maximum Gasteiger partial charge on any atom is 0.133 e. The van der Waals surface area contributed by atoms with Crippen molar-refractivity contribution < 1.29 is 4.74 Å². The molecule has 0 heterocycles. The predicted molar refractivity (Wildman–Crippen MR) is 77.9 cm³/mol. The van der Waals surface area contributed by atoms with E-state index in [-0.39, 0.29) is 0 Å². The minimum absolute atomic E-state index is 0.468. The van der Waals surface area contributed by atoms with Gasteiger partial charge in [-0.2, -0.15) is 0 Å². The lowest BCUT2D eigenvalue weighted by atomic mass is 10.1. The number of aryl methyl sites for hydroxylation is 1. The number of halogens is 1. The fourth-order valence-corrected chi connectivity index (χ4v) is 2.09. The maximum absolute atomic E-state index is 5.91. The summed E-state index contributed by atoms with van der Waals surface area (Å²) in [5, 5.41) is 0. The Morgan fingerprint density at radius 3 is 2.72 bits per heavy atom. The SMILES string of the molecule is CCc1cccc(Oc2cc(Br)ccc2CN)c1. The molecular weight excluding hydrogens is 290 g/mol. The average Bonchev–Trinajstić information content (AvgIpc) is 2.39. The Balaban J connectivity index is 2.29. The molecule has 0 fully saturated rings. The minimum Gasteiger partial charge on any atom is -0.457 e. The second-order valence-electron chi connectivity index (χ2n) is 4.06. The van der Waals surface area contributed by atoms with E-state index in [4.69, 9.17) is 10.5 Å². The molecule has 2 rings (SSSR count). The molecule has 0 aromatic heterocycles. The first-order valence-corrected chi connectivity index (χ1v) is 6.77. The van der Waals surface area contributed by atoms with Gasteiger partial charge in [0.15, 0.2) is 0 Å². The van der Waals surface area contributed by atoms with Crippen LogP contribution in [-0.2, 0) is 13.0 Å². The van der Waals surface area contributed by atoms with Crippen LogP contribution < -0.4 is 10.5 Å². The molecule has 0 bridgehead atoms. The summed E-state index contributed by atoms with van der Waals surface area (Å²) in [4.78, 5) is 0. The molecular formula is C15H16BrNO. The van der Waals surface area contributed by atoms with Crippen molar-refractivity contribution in [3.05, 3.63) is 58.1 Å². The maximum atomic E-state index is 5.91. The van der Waals surface area contributed by atoms with E-state index in [0.29, 0.717) is 6.54 Å². The molecule has 2 nitrogen and oxygen atoms in total. The number of benzene rings is 2. The molecule has 0 aliphatic heterocycles. The third-order valence-corrected chi connectivity index (χ3v) is 3.28. The second-order valence-corrected chi connectivity index (χ2v) is 4.97. The van der Waals surface area contributed by atoms with Crippen molar-refractivity contribution in [3.63, 3.8) is 0 Å². The molecule has 0 atom stereocenters. The first-order chi connectivity index (χ1) is 8.72. The first-order valence-electron chi connectivity index (χ1n) is 5.98. The topological polar surface area (TPSA) is 35.2 Å². The third-order valence-electron chi connectivity index (χ3n) is 2.78. The van der Waals surface area contributed by atoms with Crippen molar-refractivity contribution in [2.24, 2.45) is 5.73 Å². The third kappa shape index (κ3) is 3.12. The van der Waals surface area contributed by atoms with E-state index in [0.717, 1.165) is 28.0 Å². The lowest BCUT2D eigenvalue weighted by molar-refractivity contribution is 0.475. The molecule has 0 aliphatic rings. The summed E-state index contributed by atoms with van der Waals surface area (Å²) in [7, 11) is 0. The highest BCUT2D eigenvalue weighted by Crippen LogP contribution is 2.28. The van der Waals surface area contributed by atoms with E-state index in [1.807, 2.05) is 30.3 Å². The van der Waals surface area contributed by atoms with Crippen LogP contribution in [0.2, 0.25) is 0 Å². The van der Waals surface area contributed by atoms with E-state index in [9.17, 15) is 0 Å². The Labute approximate surface area is 116 Å². The van der Waals surface area contributed by atoms with Crippen LogP contribution in [0.4, 0.5) is 0 Å². The van der Waals surface area contributed by atoms with Gasteiger partial charge in [-0.15, -0.1) is 0 Å². The standard InChI is InChI=1S/C15H16BrNO/c1-2-11-4-3-5-14(8-11)18-15-9-13(16)7-6-12(15)10-17/h3-9H,2,10,17H2,1H3. The molecule has 2 aromatic rings. The number of rotatable bonds is 4. The molecule has 0 amide bonds. The largest absolute Gasteiger partial charge is 0.457 e. The monoisotopic (exact) mass is 305 g/mol. The van der Waals surface area contributed by atoms with Gasteiger partial charge in [0, 0.05) is 16.6 Å². The highest BCUT2D eigenvalue weighted by atomic mass is 79.9. The van der Waals surface area contributed by atoms with Crippen molar-refractivity contribution >= 4 is 15.9 Å². The van der Waals surface area contributed by atoms with Crippen molar-refractivity contribution in [2.45, 2.75) is 19.9 Å². The molecule has 0 radical (unpaired) electrons. The molecule has 2 aromatic carbocycles. The number of hydrogen-bond donors (Lipinski definition) is 1. The van der Waals surface area contributed by atoms with Crippen LogP contribution in [0, 0.1) is 0 Å². The van der Waals surface area contributed by atoms with Crippen LogP contribution in [0.25, 0.3) is 0 Å². The van der Waals surface area contributed by atoms with Gasteiger partial charge in [0.1, 0.15) is 11.5 Å². The van der Waals surface area contributed by atoms with Gasteiger partial charge in [0.2, 0.25) is 0 Å². The summed E-state index contributed by atoms with van der Waals surface area (Å²) in [6, 6.07) is 14.0. The van der Waals surface area contributed by atoms with E-state index in [1.165, 1.54) is 5.56 Å². The molecule has 18 heavy (non-hydrogen) atoms. The zero-order valence-electron chi connectivity index (χ0n) is 10.3. The zero-order chi connectivity index (χ0) is 13.0. The Hall–Kier alpha value is -1.32. The zero-order valence-corrected chi connectivity index (χ0v) is 11.9. The molecule has 2 N–H and O–H groups in total. The number of hydrogen-bond acceptors (Lipinski definition) is 2. The van der Waals surface area contributed by atoms with Gasteiger partial charge in [-0.05, 0) is 36.2 Å². The summed E-state index contributed by atoms with van der Waals surface area (Å²) >= 11 is 3.45. The molecule has 0 unspecified atom stereocenters. The normalized spacial score (nSPS) is 10.4. The Morgan fingerprint density at radius 2 is 2.00 bits per heavy atom. The van der Waals surface area contributed by atoms with Gasteiger partial charge >= 0.3 is 0 Å². The highest BCUT2D eigenvalue weighted by molar-refractivity contribution is 9.10. The molecule has 3 heteroatoms. The van der Waals surface area contributed by atoms with Gasteiger partial charge < -0.3 is 10.5 Å². The fraction of sp³-hybridized carbons (Fsp3) is 0.200. The second kappa shape index (κ2) is 6.03. The lowest BCUT2D eigenvalue weighted by Gasteiger charge is -2.11. The molecule has 94 valence electrons. The van der Waals surface area contributed by atoms with Crippen LogP contribution in [0.1, 0.15) is 18.1 Å². The minimum atomic E-state index is 0.468. The number of nitrogens with two attached hydrogens (primary N) is 1. The van der Waals surface area contributed by atoms with Gasteiger partial charge in [0.25, 0.3) is 0 Å². The highest BCUT2D eigenvalue weighted by Gasteiger charge is 2.05. The summed E-state index contributed by atoms with van der Waals surface area (Å²) < 4.78 is 6.90. The predicted octanol–water partition coefficient (Wildman–Crippen LogP) is 4.26. The van der Waals surface area contributed by atoms with E-state index < -0.39 is 0 Å². The van der Waals surface area contributed by atoms with Crippen molar-refractivity contribution in [2.75, 3.05) is 0 Å². The van der Waals surface area contributed by atoms with Crippen molar-refractivity contribution in [1.82, 2.24) is 0 Å². The molecule has 0 aliphatic carbocycles. The van der Waals surface area contributed by atoms with Crippen LogP contribution in [0.3, 0.4) is 0 Å². The van der Waals surface area contributed by atoms with Crippen LogP contribution in [0.5, 0.6) is 11.5 Å². The van der Waals surface area contributed by atoms with E-state index in [1.54, 1.807) is 0 Å². The van der Waals surface area contributed by atoms with Gasteiger partial charge in [-0.1, -0.05) is 41.1 Å². The van der Waals surface area contributed by atoms with Crippen LogP contribution >= 0.6 is 15.9 Å². The van der Waals surface area contributed by atoms with Gasteiger partial charge in [-0.25, -0.2) is 0 Å². The van der Waals surface area contributed by atoms with E-state index in [2.05, 4.69) is 35.0 Å². The Morgan fingerprint density at radius 1 is 1.17 bits per heavy atom. The lowest BCUT2D eigenvalue weighted by Crippen LogP contribution is -1.99. The van der Waals surface area contributed by atoms with Crippen molar-refractivity contribution in [1.29, 1.82) is 0 Å². The summed E-state index contributed by atoms with van der Waals surface area (Å²) in [5.41, 5.74) is 7.98. The molecule has 0 saturated carbocycles. The summed E-state index contributed by atoms with van der Waals surface area (Å²) in [6.07, 6.45) is 0.999. The Kier molecular flexibility index (Phi) is 4.39. The first kappa shape index (κ1) is 13.1. The smallest absolute Gasteiger partial charge is 0.133 e. The fourth-order valence-electron chi connectivity index (χ4n) is 1.75. The van der Waals surface area contributed by atoms with E-state index >= 15 is 0 Å². The summed E-state index contributed by atoms with van der Waals surface area (Å²) in [6.45, 7) is 2.60.